The molecular formula is C29H31NO3. The molecule has 8 rings (SSSR count). The molecule has 2 aliphatic heterocycles. The second-order valence-electron chi connectivity index (χ2n) is 12.0. The monoisotopic (exact) mass is 441 g/mol. The van der Waals surface area contributed by atoms with Crippen LogP contribution in [-0.4, -0.2) is 38.6 Å². The zero-order valence-electron chi connectivity index (χ0n) is 19.1. The second kappa shape index (κ2) is 5.79. The number of ether oxygens (including phenoxy) is 1. The predicted octanol–water partition coefficient (Wildman–Crippen LogP) is 4.59. The van der Waals surface area contributed by atoms with E-state index in [0.29, 0.717) is 18.3 Å². The number of hydrogen-bond donors (Lipinski definition) is 2. The van der Waals surface area contributed by atoms with Gasteiger partial charge in [0.1, 0.15) is 11.7 Å². The van der Waals surface area contributed by atoms with Gasteiger partial charge in [-0.3, -0.25) is 4.98 Å². The molecular weight excluding hydrogens is 410 g/mol. The molecule has 0 radical (unpaired) electrons. The van der Waals surface area contributed by atoms with E-state index in [-0.39, 0.29) is 16.4 Å². The third-order valence-corrected chi connectivity index (χ3v) is 11.0. The Morgan fingerprint density at radius 3 is 2.88 bits per heavy atom. The Hall–Kier alpha value is -2.01. The molecule has 3 heterocycles. The van der Waals surface area contributed by atoms with Crippen LogP contribution in [0.15, 0.2) is 60.0 Å². The van der Waals surface area contributed by atoms with Gasteiger partial charge >= 0.3 is 0 Å². The van der Waals surface area contributed by atoms with Crippen molar-refractivity contribution in [3.8, 4) is 0 Å². The van der Waals surface area contributed by atoms with Crippen LogP contribution in [0.2, 0.25) is 0 Å². The van der Waals surface area contributed by atoms with Crippen molar-refractivity contribution >= 4 is 10.8 Å². The highest BCUT2D eigenvalue weighted by atomic mass is 16.5. The van der Waals surface area contributed by atoms with Crippen LogP contribution < -0.4 is 0 Å². The highest BCUT2D eigenvalue weighted by Gasteiger charge is 2.78. The number of nitrogens with zero attached hydrogens (tertiary/aromatic N) is 1. The Morgan fingerprint density at radius 1 is 1.09 bits per heavy atom. The van der Waals surface area contributed by atoms with Crippen molar-refractivity contribution in [2.24, 2.45) is 17.3 Å². The first kappa shape index (κ1) is 19.3. The minimum Gasteiger partial charge on any atom is -0.390 e. The molecule has 1 unspecified atom stereocenters. The first-order valence-corrected chi connectivity index (χ1v) is 12.8. The molecule has 4 aliphatic carbocycles. The van der Waals surface area contributed by atoms with Gasteiger partial charge in [0.2, 0.25) is 0 Å². The van der Waals surface area contributed by atoms with E-state index in [1.54, 1.807) is 0 Å². The molecule has 2 bridgehead atoms. The number of pyridine rings is 1. The minimum atomic E-state index is -0.815. The summed E-state index contributed by atoms with van der Waals surface area (Å²) in [6.07, 6.45) is 14.0. The molecule has 2 aromatic rings. The fraction of sp³-hybridized carbons (Fsp3) is 0.552. The van der Waals surface area contributed by atoms with E-state index in [4.69, 9.17) is 4.74 Å². The van der Waals surface area contributed by atoms with Crippen LogP contribution in [0.4, 0.5) is 0 Å². The molecule has 0 amide bonds. The van der Waals surface area contributed by atoms with Gasteiger partial charge in [-0.1, -0.05) is 31.2 Å². The summed E-state index contributed by atoms with van der Waals surface area (Å²) in [5.74, 6) is 1.13. The number of allylic oxidation sites excluding steroid dienone is 1. The maximum Gasteiger partial charge on any atom is 0.119 e. The topological polar surface area (TPSA) is 62.6 Å². The zero-order valence-corrected chi connectivity index (χ0v) is 19.1. The van der Waals surface area contributed by atoms with Crippen LogP contribution >= 0.6 is 0 Å². The van der Waals surface area contributed by atoms with Crippen LogP contribution in [0.25, 0.3) is 10.8 Å². The number of aromatic nitrogens is 1. The first-order chi connectivity index (χ1) is 15.9. The number of hydrogen-bond acceptors (Lipinski definition) is 4. The number of fused-ring (bicyclic) bond motifs is 4. The van der Waals surface area contributed by atoms with Crippen LogP contribution in [0.1, 0.15) is 57.4 Å². The second-order valence-corrected chi connectivity index (χ2v) is 12.0. The summed E-state index contributed by atoms with van der Waals surface area (Å²) in [5.41, 5.74) is 3.38. The standard InChI is InChI=1S/C29H31NO3/c1-26-8-6-21-13-20-4-5-23(31)25(32)29(20)10-9-28(21,33-29)24(26)14-22-15-27(22,26)19-3-2-17-7-11-30-16-18(17)12-19/h2-3,6-7,11-13,16,22-25,31-32H,4-5,8-10,14-15H2,1H3/t22-,23+,24+,25-,26-,27-,28?,29-/m0/s1. The number of rotatable bonds is 1. The van der Waals surface area contributed by atoms with Crippen molar-refractivity contribution in [3.63, 3.8) is 0 Å². The lowest BCUT2D eigenvalue weighted by Gasteiger charge is -2.56. The van der Waals surface area contributed by atoms with Gasteiger partial charge in [-0.2, -0.15) is 0 Å². The lowest BCUT2D eigenvalue weighted by Crippen LogP contribution is -2.60. The van der Waals surface area contributed by atoms with Crippen molar-refractivity contribution in [2.75, 3.05) is 0 Å². The summed E-state index contributed by atoms with van der Waals surface area (Å²) in [4.78, 5) is 4.37. The molecule has 33 heavy (non-hydrogen) atoms. The SMILES string of the molecule is C[C@]12CC=C3C=C4CC[C@@H](O)[C@H](O)[C@]45CCC3(O5)[C@@H]1C[C@H]1C[C@]12c1ccc2ccncc2c1. The summed E-state index contributed by atoms with van der Waals surface area (Å²) in [6, 6.07) is 9.12. The van der Waals surface area contributed by atoms with E-state index in [1.165, 1.54) is 40.3 Å². The molecule has 170 valence electrons. The molecule has 4 fully saturated rings. The van der Waals surface area contributed by atoms with Gasteiger partial charge in [0, 0.05) is 23.2 Å². The Morgan fingerprint density at radius 2 is 1.97 bits per heavy atom. The largest absolute Gasteiger partial charge is 0.390 e. The van der Waals surface area contributed by atoms with Crippen molar-refractivity contribution in [2.45, 2.75) is 80.7 Å². The molecule has 2 spiro atoms. The summed E-state index contributed by atoms with van der Waals surface area (Å²) in [5, 5.41) is 24.1. The van der Waals surface area contributed by atoms with E-state index in [2.05, 4.69) is 48.3 Å². The smallest absolute Gasteiger partial charge is 0.119 e. The summed E-state index contributed by atoms with van der Waals surface area (Å²) in [7, 11) is 0. The Kier molecular flexibility index (Phi) is 3.39. The fourth-order valence-electron chi connectivity index (χ4n) is 9.36. The third-order valence-electron chi connectivity index (χ3n) is 11.0. The van der Waals surface area contributed by atoms with Crippen molar-refractivity contribution in [3.05, 3.63) is 65.5 Å². The van der Waals surface area contributed by atoms with Gasteiger partial charge in [-0.25, -0.2) is 0 Å². The van der Waals surface area contributed by atoms with Crippen LogP contribution in [0.3, 0.4) is 0 Å². The van der Waals surface area contributed by atoms with Gasteiger partial charge < -0.3 is 14.9 Å². The average molecular weight is 442 g/mol. The van der Waals surface area contributed by atoms with Crippen molar-refractivity contribution < 1.29 is 14.9 Å². The van der Waals surface area contributed by atoms with E-state index in [0.717, 1.165) is 25.7 Å². The Bertz CT molecular complexity index is 1280. The molecule has 8 atom stereocenters. The lowest BCUT2D eigenvalue weighted by atomic mass is 9.55. The summed E-state index contributed by atoms with van der Waals surface area (Å²) < 4.78 is 7.11. The highest BCUT2D eigenvalue weighted by molar-refractivity contribution is 5.82. The third kappa shape index (κ3) is 2.01. The molecule has 6 aliphatic rings. The average Bonchev–Trinajstić information content (AvgIpc) is 3.40. The molecule has 3 saturated carbocycles. The number of aliphatic hydroxyl groups is 2. The number of benzene rings is 1. The predicted molar refractivity (Wildman–Crippen MR) is 126 cm³/mol. The quantitative estimate of drug-likeness (QED) is 0.679. The van der Waals surface area contributed by atoms with Crippen molar-refractivity contribution in [1.82, 2.24) is 4.98 Å². The van der Waals surface area contributed by atoms with Gasteiger partial charge in [0.05, 0.1) is 11.7 Å². The first-order valence-electron chi connectivity index (χ1n) is 12.8. The maximum absolute atomic E-state index is 11.1. The zero-order chi connectivity index (χ0) is 22.2. The van der Waals surface area contributed by atoms with E-state index >= 15 is 0 Å². The normalized spacial score (nSPS) is 48.9. The van der Waals surface area contributed by atoms with Crippen LogP contribution in [0, 0.1) is 17.3 Å². The molecule has 1 saturated heterocycles. The van der Waals surface area contributed by atoms with E-state index in [1.807, 2.05) is 12.4 Å². The molecule has 1 aromatic heterocycles. The molecule has 4 nitrogen and oxygen atoms in total. The van der Waals surface area contributed by atoms with Gasteiger partial charge in [-0.15, -0.1) is 0 Å². The summed E-state index contributed by atoms with van der Waals surface area (Å²) in [6.45, 7) is 2.51. The molecule has 1 aromatic carbocycles. The minimum absolute atomic E-state index is 0.131. The highest BCUT2D eigenvalue weighted by Crippen LogP contribution is 2.80. The van der Waals surface area contributed by atoms with Crippen LogP contribution in [0.5, 0.6) is 0 Å². The Balaban J connectivity index is 1.26. The van der Waals surface area contributed by atoms with Gasteiger partial charge in [0.25, 0.3) is 0 Å². The van der Waals surface area contributed by atoms with Crippen molar-refractivity contribution in [1.29, 1.82) is 0 Å². The molecule has 4 heteroatoms. The van der Waals surface area contributed by atoms with Gasteiger partial charge in [-0.05, 0) is 96.4 Å². The summed E-state index contributed by atoms with van der Waals surface area (Å²) >= 11 is 0. The lowest BCUT2D eigenvalue weighted by molar-refractivity contribution is -0.195. The maximum atomic E-state index is 11.1. The van der Waals surface area contributed by atoms with Crippen LogP contribution in [-0.2, 0) is 10.2 Å². The molecule has 2 N–H and O–H groups in total. The fourth-order valence-corrected chi connectivity index (χ4v) is 9.36. The van der Waals surface area contributed by atoms with E-state index in [9.17, 15) is 10.2 Å². The van der Waals surface area contributed by atoms with Gasteiger partial charge in [0.15, 0.2) is 0 Å². The Labute approximate surface area is 194 Å². The van der Waals surface area contributed by atoms with E-state index < -0.39 is 17.8 Å². The number of aliphatic hydroxyl groups excluding tert-OH is 2.